The Labute approximate surface area is 111 Å². The van der Waals surface area contributed by atoms with E-state index in [0.717, 1.165) is 37.0 Å². The molecule has 7 nitrogen and oxygen atoms in total. The molecule has 0 amide bonds. The van der Waals surface area contributed by atoms with E-state index in [9.17, 15) is 0 Å². The van der Waals surface area contributed by atoms with E-state index in [-0.39, 0.29) is 0 Å². The van der Waals surface area contributed by atoms with Gasteiger partial charge in [0.2, 0.25) is 0 Å². The van der Waals surface area contributed by atoms with Crippen molar-refractivity contribution in [3.63, 3.8) is 0 Å². The standard InChI is InChI=1S/C12H17N7/c1-9-6-10(17-13)16-11(15-9)7-18-4-5-19-3-2-14-12(19)8-18/h2-3,6H,4-5,7-8,13H2,1H3,(H,15,16,17). The lowest BCUT2D eigenvalue weighted by Gasteiger charge is -2.26. The number of nitrogens with two attached hydrogens (primary N) is 1. The van der Waals surface area contributed by atoms with E-state index in [0.29, 0.717) is 12.4 Å². The number of rotatable bonds is 3. The molecule has 0 aliphatic carbocycles. The summed E-state index contributed by atoms with van der Waals surface area (Å²) >= 11 is 0. The van der Waals surface area contributed by atoms with Crippen LogP contribution in [-0.2, 0) is 19.6 Å². The minimum atomic E-state index is 0.654. The lowest BCUT2D eigenvalue weighted by atomic mass is 10.3. The highest BCUT2D eigenvalue weighted by Crippen LogP contribution is 2.13. The Kier molecular flexibility index (Phi) is 3.14. The van der Waals surface area contributed by atoms with Crippen LogP contribution < -0.4 is 11.3 Å². The van der Waals surface area contributed by atoms with Crippen molar-refractivity contribution < 1.29 is 0 Å². The zero-order chi connectivity index (χ0) is 13.2. The number of aryl methyl sites for hydroxylation is 1. The third-order valence-corrected chi connectivity index (χ3v) is 3.24. The number of aromatic nitrogens is 4. The molecule has 0 saturated carbocycles. The lowest BCUT2D eigenvalue weighted by Crippen LogP contribution is -2.33. The fourth-order valence-corrected chi connectivity index (χ4v) is 2.33. The molecule has 3 heterocycles. The Balaban J connectivity index is 1.74. The van der Waals surface area contributed by atoms with E-state index >= 15 is 0 Å². The second-order valence-corrected chi connectivity index (χ2v) is 4.70. The minimum Gasteiger partial charge on any atom is -0.333 e. The van der Waals surface area contributed by atoms with Gasteiger partial charge in [-0.15, -0.1) is 0 Å². The van der Waals surface area contributed by atoms with Gasteiger partial charge in [0.05, 0.1) is 13.1 Å². The number of hydrazine groups is 1. The van der Waals surface area contributed by atoms with Crippen LogP contribution in [0.1, 0.15) is 17.3 Å². The van der Waals surface area contributed by atoms with Gasteiger partial charge in [0.25, 0.3) is 0 Å². The lowest BCUT2D eigenvalue weighted by molar-refractivity contribution is 0.204. The van der Waals surface area contributed by atoms with Gasteiger partial charge in [-0.05, 0) is 6.92 Å². The summed E-state index contributed by atoms with van der Waals surface area (Å²) in [6, 6.07) is 1.83. The first-order valence-electron chi connectivity index (χ1n) is 6.28. The second-order valence-electron chi connectivity index (χ2n) is 4.70. The summed E-state index contributed by atoms with van der Waals surface area (Å²) in [4.78, 5) is 15.5. The third-order valence-electron chi connectivity index (χ3n) is 3.24. The number of hydrogen-bond donors (Lipinski definition) is 2. The zero-order valence-corrected chi connectivity index (χ0v) is 10.9. The average Bonchev–Trinajstić information content (AvgIpc) is 2.85. The minimum absolute atomic E-state index is 0.654. The summed E-state index contributed by atoms with van der Waals surface area (Å²) in [5.41, 5.74) is 3.48. The summed E-state index contributed by atoms with van der Waals surface area (Å²) in [6.07, 6.45) is 3.87. The zero-order valence-electron chi connectivity index (χ0n) is 10.9. The molecule has 100 valence electrons. The first-order chi connectivity index (χ1) is 9.24. The van der Waals surface area contributed by atoms with Crippen LogP contribution in [0.2, 0.25) is 0 Å². The van der Waals surface area contributed by atoms with Crippen molar-refractivity contribution in [3.05, 3.63) is 35.8 Å². The summed E-state index contributed by atoms with van der Waals surface area (Å²) in [7, 11) is 0. The molecule has 0 spiro atoms. The molecule has 0 aromatic carbocycles. The molecule has 1 aliphatic rings. The van der Waals surface area contributed by atoms with E-state index < -0.39 is 0 Å². The van der Waals surface area contributed by atoms with E-state index in [1.54, 1.807) is 0 Å². The first-order valence-corrected chi connectivity index (χ1v) is 6.28. The van der Waals surface area contributed by atoms with Gasteiger partial charge in [0, 0.05) is 37.2 Å². The van der Waals surface area contributed by atoms with Crippen molar-refractivity contribution >= 4 is 5.82 Å². The van der Waals surface area contributed by atoms with Crippen LogP contribution in [0, 0.1) is 6.92 Å². The monoisotopic (exact) mass is 259 g/mol. The van der Waals surface area contributed by atoms with E-state index in [2.05, 4.69) is 29.8 Å². The normalized spacial score (nSPS) is 15.3. The highest BCUT2D eigenvalue weighted by Gasteiger charge is 2.17. The number of nitrogens with zero attached hydrogens (tertiary/aromatic N) is 5. The molecular formula is C12H17N7. The molecular weight excluding hydrogens is 242 g/mol. The quantitative estimate of drug-likeness (QED) is 0.608. The maximum absolute atomic E-state index is 5.40. The largest absolute Gasteiger partial charge is 0.333 e. The van der Waals surface area contributed by atoms with Gasteiger partial charge in [0.15, 0.2) is 0 Å². The number of anilines is 1. The Morgan fingerprint density at radius 1 is 1.37 bits per heavy atom. The molecule has 0 atom stereocenters. The number of nitrogen functional groups attached to an aromatic ring is 1. The van der Waals surface area contributed by atoms with Crippen molar-refractivity contribution in [2.45, 2.75) is 26.6 Å². The predicted octanol–water partition coefficient (Wildman–Crippen LogP) is 0.283. The van der Waals surface area contributed by atoms with Crippen LogP contribution in [0.4, 0.5) is 5.82 Å². The summed E-state index contributed by atoms with van der Waals surface area (Å²) in [6.45, 7) is 5.42. The summed E-state index contributed by atoms with van der Waals surface area (Å²) < 4.78 is 2.18. The molecule has 0 saturated heterocycles. The van der Waals surface area contributed by atoms with Crippen LogP contribution in [0.5, 0.6) is 0 Å². The van der Waals surface area contributed by atoms with E-state index in [4.69, 9.17) is 5.84 Å². The molecule has 7 heteroatoms. The van der Waals surface area contributed by atoms with Crippen LogP contribution >= 0.6 is 0 Å². The molecule has 1 aliphatic heterocycles. The Morgan fingerprint density at radius 3 is 3.11 bits per heavy atom. The van der Waals surface area contributed by atoms with Gasteiger partial charge in [-0.25, -0.2) is 20.8 Å². The van der Waals surface area contributed by atoms with Crippen molar-refractivity contribution in [1.29, 1.82) is 0 Å². The molecule has 19 heavy (non-hydrogen) atoms. The van der Waals surface area contributed by atoms with Gasteiger partial charge in [-0.2, -0.15) is 0 Å². The van der Waals surface area contributed by atoms with Gasteiger partial charge in [-0.3, -0.25) is 4.90 Å². The molecule has 2 aromatic rings. The number of fused-ring (bicyclic) bond motifs is 1. The van der Waals surface area contributed by atoms with Crippen molar-refractivity contribution in [2.24, 2.45) is 5.84 Å². The first kappa shape index (κ1) is 12.1. The molecule has 0 bridgehead atoms. The SMILES string of the molecule is Cc1cc(NN)nc(CN2CCn3ccnc3C2)n1. The number of nitrogens with one attached hydrogen (secondary N) is 1. The second kappa shape index (κ2) is 4.94. The molecule has 3 rings (SSSR count). The van der Waals surface area contributed by atoms with Gasteiger partial charge >= 0.3 is 0 Å². The molecule has 0 radical (unpaired) electrons. The van der Waals surface area contributed by atoms with Gasteiger partial charge in [0.1, 0.15) is 17.5 Å². The van der Waals surface area contributed by atoms with E-state index in [1.165, 1.54) is 0 Å². The fraction of sp³-hybridized carbons (Fsp3) is 0.417. The molecule has 0 unspecified atom stereocenters. The summed E-state index contributed by atoms with van der Waals surface area (Å²) in [5.74, 6) is 7.94. The third kappa shape index (κ3) is 2.56. The highest BCUT2D eigenvalue weighted by molar-refractivity contribution is 5.33. The van der Waals surface area contributed by atoms with Gasteiger partial charge < -0.3 is 9.99 Å². The number of imidazole rings is 1. The predicted molar refractivity (Wildman–Crippen MR) is 70.9 cm³/mol. The maximum atomic E-state index is 5.40. The molecule has 3 N–H and O–H groups in total. The maximum Gasteiger partial charge on any atom is 0.145 e. The van der Waals surface area contributed by atoms with Crippen LogP contribution in [0.25, 0.3) is 0 Å². The van der Waals surface area contributed by atoms with Crippen LogP contribution in [0.15, 0.2) is 18.5 Å². The number of hydrogen-bond acceptors (Lipinski definition) is 6. The smallest absolute Gasteiger partial charge is 0.145 e. The fourth-order valence-electron chi connectivity index (χ4n) is 2.33. The summed E-state index contributed by atoms with van der Waals surface area (Å²) in [5, 5.41) is 0. The Hall–Kier alpha value is -1.99. The topological polar surface area (TPSA) is 84.9 Å². The van der Waals surface area contributed by atoms with Gasteiger partial charge in [-0.1, -0.05) is 0 Å². The van der Waals surface area contributed by atoms with Crippen molar-refractivity contribution in [3.8, 4) is 0 Å². The van der Waals surface area contributed by atoms with Crippen molar-refractivity contribution in [2.75, 3.05) is 12.0 Å². The Bertz CT molecular complexity index is 577. The average molecular weight is 259 g/mol. The van der Waals surface area contributed by atoms with E-state index in [1.807, 2.05) is 25.4 Å². The van der Waals surface area contributed by atoms with Crippen LogP contribution in [0.3, 0.4) is 0 Å². The molecule has 0 fully saturated rings. The Morgan fingerprint density at radius 2 is 2.26 bits per heavy atom. The van der Waals surface area contributed by atoms with Crippen LogP contribution in [-0.4, -0.2) is 31.0 Å². The highest BCUT2D eigenvalue weighted by atomic mass is 15.3. The van der Waals surface area contributed by atoms with Crippen molar-refractivity contribution in [1.82, 2.24) is 24.4 Å². The molecule has 2 aromatic heterocycles.